The van der Waals surface area contributed by atoms with Gasteiger partial charge in [-0.05, 0) is 24.6 Å². The van der Waals surface area contributed by atoms with Gasteiger partial charge < -0.3 is 25.3 Å². The monoisotopic (exact) mass is 735 g/mol. The molecule has 2 aromatic heterocycles. The van der Waals surface area contributed by atoms with Crippen molar-refractivity contribution in [2.75, 3.05) is 54.1 Å². The highest BCUT2D eigenvalue weighted by atomic mass is 35.5. The van der Waals surface area contributed by atoms with Crippen LogP contribution in [0.1, 0.15) is 24.5 Å². The number of hydrogen-bond donors (Lipinski definition) is 2. The first-order valence-corrected chi connectivity index (χ1v) is 18.0. The molecular weight excluding hydrogens is 694 g/mol. The molecule has 3 N–H and O–H groups in total. The number of fused-ring (bicyclic) bond motifs is 1. The molecule has 0 saturated carbocycles. The zero-order valence-electron chi connectivity index (χ0n) is 30.2. The number of halogens is 1. The van der Waals surface area contributed by atoms with Gasteiger partial charge in [0.1, 0.15) is 11.5 Å². The second-order valence-electron chi connectivity index (χ2n) is 14.8. The third kappa shape index (κ3) is 6.14. The lowest BCUT2D eigenvalue weighted by atomic mass is 9.79. The molecule has 0 aliphatic carbocycles. The van der Waals surface area contributed by atoms with E-state index in [4.69, 9.17) is 41.6 Å². The minimum atomic E-state index is -0.529. The van der Waals surface area contributed by atoms with Crippen LogP contribution in [0.3, 0.4) is 0 Å². The minimum Gasteiger partial charge on any atom is -0.496 e. The number of ether oxygens (including phenoxy) is 3. The Hall–Kier alpha value is -5.17. The number of carbonyl (C=O) groups excluding carboxylic acids is 2. The van der Waals surface area contributed by atoms with Gasteiger partial charge >= 0.3 is 0 Å². The second kappa shape index (κ2) is 13.4. The maximum Gasteiger partial charge on any atom is 0.225 e. The summed E-state index contributed by atoms with van der Waals surface area (Å²) in [5.41, 5.74) is 12.0. The van der Waals surface area contributed by atoms with E-state index in [1.54, 1.807) is 21.3 Å². The summed E-state index contributed by atoms with van der Waals surface area (Å²) in [6.07, 6.45) is 2.44. The molecule has 3 aliphatic rings. The SMILES string of the molecule is COc1cc(-n2ncc3c(-c4cccc(-c5ccc(CN6CC7(CNC(=O)C7)C6)c(OC)n5)c4Cl)cccc32)cc(OC)c1CN1CC(C)(C(N)=O)C1. The Labute approximate surface area is 312 Å². The van der Waals surface area contributed by atoms with E-state index in [1.165, 1.54) is 0 Å². The van der Waals surface area contributed by atoms with E-state index in [2.05, 4.69) is 15.1 Å². The van der Waals surface area contributed by atoms with Gasteiger partial charge in [0.2, 0.25) is 17.7 Å². The summed E-state index contributed by atoms with van der Waals surface area (Å²) in [7, 11) is 4.91. The molecule has 8 rings (SSSR count). The lowest BCUT2D eigenvalue weighted by Crippen LogP contribution is -2.60. The van der Waals surface area contributed by atoms with Crippen molar-refractivity contribution in [2.45, 2.75) is 26.4 Å². The van der Waals surface area contributed by atoms with Gasteiger partial charge in [0, 0.05) is 91.9 Å². The number of aromatic nitrogens is 3. The number of hydrogen-bond acceptors (Lipinski definition) is 9. The molecule has 3 saturated heterocycles. The van der Waals surface area contributed by atoms with Crippen LogP contribution in [0.2, 0.25) is 5.02 Å². The van der Waals surface area contributed by atoms with Crippen LogP contribution in [0.25, 0.3) is 39.0 Å². The molecule has 0 atom stereocenters. The zero-order valence-corrected chi connectivity index (χ0v) is 31.0. The van der Waals surface area contributed by atoms with E-state index in [-0.39, 0.29) is 17.2 Å². The Morgan fingerprint density at radius 3 is 2.25 bits per heavy atom. The molecule has 12 nitrogen and oxygen atoms in total. The molecule has 0 bridgehead atoms. The number of primary amides is 1. The highest BCUT2D eigenvalue weighted by molar-refractivity contribution is 6.36. The maximum atomic E-state index is 11.9. The zero-order chi connectivity index (χ0) is 37.1. The Bertz CT molecular complexity index is 2230. The molecule has 5 heterocycles. The fourth-order valence-electron chi connectivity index (χ4n) is 8.26. The van der Waals surface area contributed by atoms with Gasteiger partial charge in [0.05, 0.1) is 60.4 Å². The van der Waals surface area contributed by atoms with E-state index >= 15 is 0 Å². The van der Waals surface area contributed by atoms with Crippen molar-refractivity contribution in [1.82, 2.24) is 29.9 Å². The standard InChI is InChI=1S/C40H42ClN7O5/c1-39(38(42)50)20-47(21-39)18-30-33(51-2)13-25(14-34(30)52-3)48-32-10-6-7-26(29(32)16-44-48)27-8-5-9-28(36(27)41)31-12-11-24(37(45-31)53-4)17-46-22-40(23-46)15-35(49)43-19-40/h5-14,16H,15,17-23H2,1-4H3,(H2,42,50)(H,43,49). The number of carbonyl (C=O) groups is 2. The summed E-state index contributed by atoms with van der Waals surface area (Å²) in [5.74, 6) is 1.72. The van der Waals surface area contributed by atoms with Crippen LogP contribution in [-0.2, 0) is 22.7 Å². The Morgan fingerprint density at radius 1 is 0.906 bits per heavy atom. The normalized spacial score (nSPS) is 17.7. The van der Waals surface area contributed by atoms with Crippen molar-refractivity contribution < 1.29 is 23.8 Å². The second-order valence-corrected chi connectivity index (χ2v) is 15.2. The number of amides is 2. The van der Waals surface area contributed by atoms with Crippen molar-refractivity contribution in [3.8, 4) is 45.5 Å². The molecule has 1 spiro atoms. The van der Waals surface area contributed by atoms with Crippen molar-refractivity contribution >= 4 is 34.3 Å². The van der Waals surface area contributed by atoms with Crippen LogP contribution in [0.4, 0.5) is 0 Å². The molecule has 0 unspecified atom stereocenters. The highest BCUT2D eigenvalue weighted by Gasteiger charge is 2.48. The average molecular weight is 736 g/mol. The van der Waals surface area contributed by atoms with Gasteiger partial charge in [-0.1, -0.05) is 48.0 Å². The summed E-state index contributed by atoms with van der Waals surface area (Å²) in [6, 6.07) is 20.0. The van der Waals surface area contributed by atoms with E-state index in [1.807, 2.05) is 78.5 Å². The largest absolute Gasteiger partial charge is 0.496 e. The van der Waals surface area contributed by atoms with Crippen molar-refractivity contribution in [2.24, 2.45) is 16.6 Å². The number of methoxy groups -OCH3 is 3. The maximum absolute atomic E-state index is 11.9. The van der Waals surface area contributed by atoms with Gasteiger partial charge in [-0.25, -0.2) is 9.67 Å². The molecule has 53 heavy (non-hydrogen) atoms. The Balaban J connectivity index is 1.07. The molecule has 274 valence electrons. The third-order valence-electron chi connectivity index (χ3n) is 11.0. The van der Waals surface area contributed by atoms with E-state index in [0.717, 1.165) is 64.0 Å². The smallest absolute Gasteiger partial charge is 0.225 e. The number of likely N-dealkylation sites (tertiary alicyclic amines) is 2. The third-order valence-corrected chi connectivity index (χ3v) is 11.4. The Kier molecular flexibility index (Phi) is 8.79. The van der Waals surface area contributed by atoms with Crippen LogP contribution >= 0.6 is 11.6 Å². The first-order valence-electron chi connectivity index (χ1n) is 17.6. The van der Waals surface area contributed by atoms with Gasteiger partial charge in [-0.15, -0.1) is 0 Å². The summed E-state index contributed by atoms with van der Waals surface area (Å²) < 4.78 is 19.3. The van der Waals surface area contributed by atoms with Crippen LogP contribution in [-0.4, -0.2) is 90.4 Å². The molecular formula is C40H42ClN7O5. The number of pyridine rings is 1. The van der Waals surface area contributed by atoms with Crippen molar-refractivity contribution in [1.29, 1.82) is 0 Å². The minimum absolute atomic E-state index is 0.0572. The first-order chi connectivity index (χ1) is 25.5. The van der Waals surface area contributed by atoms with Crippen molar-refractivity contribution in [3.05, 3.63) is 83.0 Å². The Morgan fingerprint density at radius 2 is 1.58 bits per heavy atom. The summed E-state index contributed by atoms with van der Waals surface area (Å²) in [4.78, 5) is 33.0. The van der Waals surface area contributed by atoms with Crippen LogP contribution in [0.15, 0.2) is 66.9 Å². The predicted octanol–water partition coefficient (Wildman–Crippen LogP) is 5.06. The molecule has 2 amide bonds. The van der Waals surface area contributed by atoms with Gasteiger partial charge in [0.15, 0.2) is 0 Å². The fourth-order valence-corrected chi connectivity index (χ4v) is 8.58. The van der Waals surface area contributed by atoms with Crippen LogP contribution < -0.4 is 25.3 Å². The van der Waals surface area contributed by atoms with E-state index in [9.17, 15) is 9.59 Å². The van der Waals surface area contributed by atoms with Gasteiger partial charge in [0.25, 0.3) is 0 Å². The molecule has 3 aliphatic heterocycles. The van der Waals surface area contributed by atoms with E-state index in [0.29, 0.717) is 60.7 Å². The molecule has 5 aromatic rings. The lowest BCUT2D eigenvalue weighted by molar-refractivity contribution is -0.136. The predicted molar refractivity (Wildman–Crippen MR) is 202 cm³/mol. The average Bonchev–Trinajstić information content (AvgIpc) is 3.75. The van der Waals surface area contributed by atoms with Gasteiger partial charge in [-0.2, -0.15) is 5.10 Å². The number of rotatable bonds is 11. The summed E-state index contributed by atoms with van der Waals surface area (Å²) in [5, 5.41) is 9.28. The summed E-state index contributed by atoms with van der Waals surface area (Å²) in [6.45, 7) is 6.78. The number of nitrogens with zero attached hydrogens (tertiary/aromatic N) is 5. The molecule has 0 radical (unpaired) electrons. The lowest BCUT2D eigenvalue weighted by Gasteiger charge is -2.47. The molecule has 3 aromatic carbocycles. The number of nitrogens with two attached hydrogens (primary N) is 1. The van der Waals surface area contributed by atoms with E-state index < -0.39 is 5.41 Å². The van der Waals surface area contributed by atoms with Crippen LogP contribution in [0, 0.1) is 10.8 Å². The fraction of sp³-hybridized carbons (Fsp3) is 0.350. The topological polar surface area (TPSA) is 137 Å². The van der Waals surface area contributed by atoms with Crippen LogP contribution in [0.5, 0.6) is 17.4 Å². The number of benzene rings is 3. The highest BCUT2D eigenvalue weighted by Crippen LogP contribution is 2.42. The van der Waals surface area contributed by atoms with Gasteiger partial charge in [-0.3, -0.25) is 19.4 Å². The molecule has 13 heteroatoms. The number of nitrogens with one attached hydrogen (secondary N) is 1. The molecule has 3 fully saturated rings. The quantitative estimate of drug-likeness (QED) is 0.191. The van der Waals surface area contributed by atoms with Crippen molar-refractivity contribution in [3.63, 3.8) is 0 Å². The summed E-state index contributed by atoms with van der Waals surface area (Å²) >= 11 is 7.21. The first kappa shape index (κ1) is 34.9.